The van der Waals surface area contributed by atoms with Gasteiger partial charge in [0, 0.05) is 50.6 Å². The van der Waals surface area contributed by atoms with Gasteiger partial charge in [0.1, 0.15) is 0 Å². The standard InChI is InChI=1S/C20H28N4O/c1-15(2)20-17(14-23(3)22-20)13-21-12-16-7-6-8-18(11-16)24-10-5-4-9-19(24)25/h6-8,11,14-15,21H,4-5,9-10,12-13H2,1-3H3. The van der Waals surface area contributed by atoms with Crippen molar-refractivity contribution in [2.75, 3.05) is 11.4 Å². The van der Waals surface area contributed by atoms with Crippen LogP contribution in [0, 0.1) is 0 Å². The van der Waals surface area contributed by atoms with E-state index < -0.39 is 0 Å². The fourth-order valence-electron chi connectivity index (χ4n) is 3.43. The largest absolute Gasteiger partial charge is 0.312 e. The second-order valence-electron chi connectivity index (χ2n) is 7.14. The Bertz CT molecular complexity index is 735. The van der Waals surface area contributed by atoms with Gasteiger partial charge in [-0.05, 0) is 36.5 Å². The lowest BCUT2D eigenvalue weighted by Gasteiger charge is -2.27. The molecule has 5 heteroatoms. The van der Waals surface area contributed by atoms with Gasteiger partial charge in [-0.2, -0.15) is 5.10 Å². The molecule has 0 bridgehead atoms. The van der Waals surface area contributed by atoms with Crippen molar-refractivity contribution >= 4 is 11.6 Å². The molecule has 1 aromatic heterocycles. The number of carbonyl (C=O) groups excluding carboxylic acids is 1. The lowest BCUT2D eigenvalue weighted by atomic mass is 10.1. The summed E-state index contributed by atoms with van der Waals surface area (Å²) < 4.78 is 1.88. The second-order valence-corrected chi connectivity index (χ2v) is 7.14. The number of anilines is 1. The summed E-state index contributed by atoms with van der Waals surface area (Å²) in [5, 5.41) is 8.06. The number of aryl methyl sites for hydroxylation is 1. The highest BCUT2D eigenvalue weighted by Crippen LogP contribution is 2.22. The lowest BCUT2D eigenvalue weighted by Crippen LogP contribution is -2.35. The van der Waals surface area contributed by atoms with Gasteiger partial charge in [0.2, 0.25) is 5.91 Å². The van der Waals surface area contributed by atoms with Crippen LogP contribution in [0.15, 0.2) is 30.5 Å². The summed E-state index contributed by atoms with van der Waals surface area (Å²) in [6.45, 7) is 6.76. The third kappa shape index (κ3) is 4.28. The molecule has 25 heavy (non-hydrogen) atoms. The van der Waals surface area contributed by atoms with Crippen LogP contribution in [0.5, 0.6) is 0 Å². The second kappa shape index (κ2) is 7.83. The summed E-state index contributed by atoms with van der Waals surface area (Å²) in [7, 11) is 1.97. The van der Waals surface area contributed by atoms with Crippen LogP contribution < -0.4 is 10.2 Å². The van der Waals surface area contributed by atoms with E-state index in [0.717, 1.165) is 43.9 Å². The molecule has 1 aliphatic heterocycles. The van der Waals surface area contributed by atoms with Crippen LogP contribution in [0.1, 0.15) is 55.8 Å². The molecule has 2 aromatic rings. The quantitative estimate of drug-likeness (QED) is 0.877. The predicted molar refractivity (Wildman–Crippen MR) is 100 cm³/mol. The van der Waals surface area contributed by atoms with Gasteiger partial charge in [-0.15, -0.1) is 0 Å². The summed E-state index contributed by atoms with van der Waals surface area (Å²) in [6.07, 6.45) is 4.86. The Morgan fingerprint density at radius 2 is 2.08 bits per heavy atom. The Hall–Kier alpha value is -2.14. The van der Waals surface area contributed by atoms with Crippen LogP contribution in [-0.2, 0) is 24.9 Å². The predicted octanol–water partition coefficient (Wildman–Crippen LogP) is 3.35. The summed E-state index contributed by atoms with van der Waals surface area (Å²) >= 11 is 0. The van der Waals surface area contributed by atoms with Crippen LogP contribution in [0.2, 0.25) is 0 Å². The summed E-state index contributed by atoms with van der Waals surface area (Å²) in [5.41, 5.74) is 4.63. The molecule has 1 fully saturated rings. The van der Waals surface area contributed by atoms with Gasteiger partial charge in [0.05, 0.1) is 5.69 Å². The highest BCUT2D eigenvalue weighted by Gasteiger charge is 2.19. The molecule has 0 unspecified atom stereocenters. The average Bonchev–Trinajstić information content (AvgIpc) is 2.97. The molecule has 134 valence electrons. The number of nitrogens with one attached hydrogen (secondary N) is 1. The third-order valence-corrected chi connectivity index (χ3v) is 4.67. The molecule has 0 atom stereocenters. The third-order valence-electron chi connectivity index (χ3n) is 4.67. The van der Waals surface area contributed by atoms with Gasteiger partial charge in [-0.25, -0.2) is 0 Å². The van der Waals surface area contributed by atoms with Crippen LogP contribution in [0.4, 0.5) is 5.69 Å². The number of carbonyl (C=O) groups is 1. The molecule has 1 amide bonds. The monoisotopic (exact) mass is 340 g/mol. The maximum atomic E-state index is 12.1. The number of aromatic nitrogens is 2. The molecule has 0 saturated carbocycles. The summed E-state index contributed by atoms with van der Waals surface area (Å²) in [5.74, 6) is 0.666. The number of hydrogen-bond donors (Lipinski definition) is 1. The van der Waals surface area contributed by atoms with Crippen molar-refractivity contribution in [2.45, 2.75) is 52.1 Å². The van der Waals surface area contributed by atoms with Crippen LogP contribution in [-0.4, -0.2) is 22.2 Å². The molecule has 1 saturated heterocycles. The van der Waals surface area contributed by atoms with Gasteiger partial charge in [-0.3, -0.25) is 9.48 Å². The number of nitrogens with zero attached hydrogens (tertiary/aromatic N) is 3. The van der Waals surface area contributed by atoms with Gasteiger partial charge < -0.3 is 10.2 Å². The van der Waals surface area contributed by atoms with E-state index in [1.165, 1.54) is 11.1 Å². The fourth-order valence-corrected chi connectivity index (χ4v) is 3.43. The zero-order valence-electron chi connectivity index (χ0n) is 15.5. The van der Waals surface area contributed by atoms with Crippen molar-refractivity contribution in [3.63, 3.8) is 0 Å². The van der Waals surface area contributed by atoms with Gasteiger partial charge in [0.25, 0.3) is 0 Å². The SMILES string of the molecule is CC(C)c1nn(C)cc1CNCc1cccc(N2CCCCC2=O)c1. The molecule has 1 N–H and O–H groups in total. The minimum Gasteiger partial charge on any atom is -0.312 e. The molecular formula is C20H28N4O. The molecular weight excluding hydrogens is 312 g/mol. The molecule has 5 nitrogen and oxygen atoms in total. The number of hydrogen-bond acceptors (Lipinski definition) is 3. The van der Waals surface area contributed by atoms with Crippen molar-refractivity contribution in [1.82, 2.24) is 15.1 Å². The summed E-state index contributed by atoms with van der Waals surface area (Å²) in [6, 6.07) is 8.31. The lowest BCUT2D eigenvalue weighted by molar-refractivity contribution is -0.119. The van der Waals surface area contributed by atoms with Crippen LogP contribution in [0.25, 0.3) is 0 Å². The molecule has 2 heterocycles. The molecule has 1 aromatic carbocycles. The number of amides is 1. The van der Waals surface area contributed by atoms with E-state index in [0.29, 0.717) is 12.3 Å². The normalized spacial score (nSPS) is 15.2. The van der Waals surface area contributed by atoms with E-state index in [4.69, 9.17) is 0 Å². The van der Waals surface area contributed by atoms with Crippen molar-refractivity contribution in [3.05, 3.63) is 47.3 Å². The minimum absolute atomic E-state index is 0.244. The maximum absolute atomic E-state index is 12.1. The number of benzene rings is 1. The molecule has 0 radical (unpaired) electrons. The Kier molecular flexibility index (Phi) is 5.53. The van der Waals surface area contributed by atoms with E-state index >= 15 is 0 Å². The van der Waals surface area contributed by atoms with Crippen molar-refractivity contribution in [3.8, 4) is 0 Å². The first-order valence-corrected chi connectivity index (χ1v) is 9.17. The van der Waals surface area contributed by atoms with E-state index in [1.54, 1.807) is 0 Å². The molecule has 1 aliphatic rings. The van der Waals surface area contributed by atoms with E-state index in [2.05, 4.69) is 42.6 Å². The number of piperidine rings is 1. The Balaban J connectivity index is 1.62. The van der Waals surface area contributed by atoms with Crippen LogP contribution in [0.3, 0.4) is 0 Å². The highest BCUT2D eigenvalue weighted by molar-refractivity contribution is 5.94. The summed E-state index contributed by atoms with van der Waals surface area (Å²) in [4.78, 5) is 14.0. The Morgan fingerprint density at radius 3 is 2.84 bits per heavy atom. The average molecular weight is 340 g/mol. The van der Waals surface area contributed by atoms with Gasteiger partial charge in [-0.1, -0.05) is 26.0 Å². The zero-order valence-corrected chi connectivity index (χ0v) is 15.5. The first-order chi connectivity index (χ1) is 12.0. The van der Waals surface area contributed by atoms with Crippen molar-refractivity contribution in [1.29, 1.82) is 0 Å². The Morgan fingerprint density at radius 1 is 1.24 bits per heavy atom. The van der Waals surface area contributed by atoms with Gasteiger partial charge >= 0.3 is 0 Å². The minimum atomic E-state index is 0.244. The Labute approximate surface area is 150 Å². The molecule has 3 rings (SSSR count). The smallest absolute Gasteiger partial charge is 0.226 e. The van der Waals surface area contributed by atoms with E-state index in [1.807, 2.05) is 28.8 Å². The maximum Gasteiger partial charge on any atom is 0.226 e. The molecule has 0 spiro atoms. The van der Waals surface area contributed by atoms with Crippen molar-refractivity contribution in [2.24, 2.45) is 7.05 Å². The number of rotatable bonds is 6. The van der Waals surface area contributed by atoms with Crippen LogP contribution >= 0.6 is 0 Å². The van der Waals surface area contributed by atoms with E-state index in [9.17, 15) is 4.79 Å². The first-order valence-electron chi connectivity index (χ1n) is 9.17. The highest BCUT2D eigenvalue weighted by atomic mass is 16.2. The van der Waals surface area contributed by atoms with Crippen molar-refractivity contribution < 1.29 is 4.79 Å². The topological polar surface area (TPSA) is 50.2 Å². The van der Waals surface area contributed by atoms with Gasteiger partial charge in [0.15, 0.2) is 0 Å². The molecule has 0 aliphatic carbocycles. The van der Waals surface area contributed by atoms with E-state index in [-0.39, 0.29) is 5.91 Å². The zero-order chi connectivity index (χ0) is 17.8. The fraction of sp³-hybridized carbons (Fsp3) is 0.500. The first kappa shape index (κ1) is 17.7.